The lowest BCUT2D eigenvalue weighted by Crippen LogP contribution is -2.18. The highest BCUT2D eigenvalue weighted by molar-refractivity contribution is 9.10. The van der Waals surface area contributed by atoms with Crippen molar-refractivity contribution in [1.29, 1.82) is 0 Å². The number of hydrogen-bond donors (Lipinski definition) is 1. The lowest BCUT2D eigenvalue weighted by atomic mass is 10.1. The van der Waals surface area contributed by atoms with Crippen LogP contribution < -0.4 is 10.1 Å². The Labute approximate surface area is 129 Å². The SMILES string of the molecule is COc1ccc(Br)cc1CN[C@@H](C)c1ccc(C)cc1. The highest BCUT2D eigenvalue weighted by Gasteiger charge is 2.08. The molecule has 20 heavy (non-hydrogen) atoms. The van der Waals surface area contributed by atoms with Crippen molar-refractivity contribution in [3.8, 4) is 5.75 Å². The topological polar surface area (TPSA) is 21.3 Å². The Morgan fingerprint density at radius 2 is 1.85 bits per heavy atom. The van der Waals surface area contributed by atoms with Crippen LogP contribution in [0.2, 0.25) is 0 Å². The molecule has 1 atom stereocenters. The third-order valence-electron chi connectivity index (χ3n) is 3.42. The van der Waals surface area contributed by atoms with Crippen molar-refractivity contribution in [1.82, 2.24) is 5.32 Å². The van der Waals surface area contributed by atoms with Gasteiger partial charge in [-0.2, -0.15) is 0 Å². The number of benzene rings is 2. The maximum atomic E-state index is 5.39. The van der Waals surface area contributed by atoms with E-state index in [1.807, 2.05) is 12.1 Å². The Morgan fingerprint density at radius 3 is 2.50 bits per heavy atom. The largest absolute Gasteiger partial charge is 0.496 e. The zero-order valence-electron chi connectivity index (χ0n) is 12.1. The molecule has 2 nitrogen and oxygen atoms in total. The summed E-state index contributed by atoms with van der Waals surface area (Å²) < 4.78 is 6.46. The molecule has 0 bridgehead atoms. The normalized spacial score (nSPS) is 12.2. The van der Waals surface area contributed by atoms with Gasteiger partial charge in [0.15, 0.2) is 0 Å². The summed E-state index contributed by atoms with van der Waals surface area (Å²) in [6, 6.07) is 15.0. The second-order valence-electron chi connectivity index (χ2n) is 4.97. The Morgan fingerprint density at radius 1 is 1.15 bits per heavy atom. The summed E-state index contributed by atoms with van der Waals surface area (Å²) in [7, 11) is 1.70. The average Bonchev–Trinajstić information content (AvgIpc) is 2.45. The molecule has 0 saturated heterocycles. The van der Waals surface area contributed by atoms with E-state index in [1.165, 1.54) is 11.1 Å². The molecule has 0 heterocycles. The van der Waals surface area contributed by atoms with Crippen molar-refractivity contribution in [3.63, 3.8) is 0 Å². The van der Waals surface area contributed by atoms with Gasteiger partial charge in [-0.05, 0) is 37.6 Å². The van der Waals surface area contributed by atoms with E-state index in [1.54, 1.807) is 7.11 Å². The first-order chi connectivity index (χ1) is 9.60. The number of aryl methyl sites for hydroxylation is 1. The highest BCUT2D eigenvalue weighted by Crippen LogP contribution is 2.23. The Bertz CT molecular complexity index is 566. The van der Waals surface area contributed by atoms with Gasteiger partial charge in [0.1, 0.15) is 5.75 Å². The molecule has 0 unspecified atom stereocenters. The number of nitrogens with one attached hydrogen (secondary N) is 1. The molecule has 106 valence electrons. The first kappa shape index (κ1) is 15.1. The summed E-state index contributed by atoms with van der Waals surface area (Å²) in [5.41, 5.74) is 3.74. The molecule has 0 aliphatic rings. The molecule has 0 fully saturated rings. The minimum absolute atomic E-state index is 0.305. The van der Waals surface area contributed by atoms with Gasteiger partial charge in [0.05, 0.1) is 7.11 Å². The van der Waals surface area contributed by atoms with E-state index >= 15 is 0 Å². The third-order valence-corrected chi connectivity index (χ3v) is 3.91. The van der Waals surface area contributed by atoms with Gasteiger partial charge in [-0.25, -0.2) is 0 Å². The van der Waals surface area contributed by atoms with Crippen LogP contribution in [0.1, 0.15) is 29.7 Å². The van der Waals surface area contributed by atoms with Crippen LogP contribution in [-0.2, 0) is 6.54 Å². The van der Waals surface area contributed by atoms with Gasteiger partial charge < -0.3 is 10.1 Å². The Kier molecular flexibility index (Phi) is 5.21. The molecule has 0 spiro atoms. The molecule has 3 heteroatoms. The number of hydrogen-bond acceptors (Lipinski definition) is 2. The quantitative estimate of drug-likeness (QED) is 0.862. The zero-order valence-corrected chi connectivity index (χ0v) is 13.7. The molecule has 0 aromatic heterocycles. The molecule has 1 N–H and O–H groups in total. The molecule has 0 aliphatic heterocycles. The lowest BCUT2D eigenvalue weighted by molar-refractivity contribution is 0.406. The minimum atomic E-state index is 0.305. The van der Waals surface area contributed by atoms with Gasteiger partial charge >= 0.3 is 0 Å². The lowest BCUT2D eigenvalue weighted by Gasteiger charge is -2.16. The van der Waals surface area contributed by atoms with E-state index in [4.69, 9.17) is 4.74 Å². The standard InChI is InChI=1S/C17H20BrNO/c1-12-4-6-14(7-5-12)13(2)19-11-15-10-16(18)8-9-17(15)20-3/h4-10,13,19H,11H2,1-3H3/t13-/m0/s1. The van der Waals surface area contributed by atoms with Crippen LogP contribution >= 0.6 is 15.9 Å². The number of rotatable bonds is 5. The van der Waals surface area contributed by atoms with Crippen LogP contribution in [0.4, 0.5) is 0 Å². The highest BCUT2D eigenvalue weighted by atomic mass is 79.9. The van der Waals surface area contributed by atoms with Gasteiger partial charge in [-0.15, -0.1) is 0 Å². The summed E-state index contributed by atoms with van der Waals surface area (Å²) in [4.78, 5) is 0. The third kappa shape index (κ3) is 3.84. The van der Waals surface area contributed by atoms with Gasteiger partial charge in [0.25, 0.3) is 0 Å². The fraction of sp³-hybridized carbons (Fsp3) is 0.294. The zero-order chi connectivity index (χ0) is 14.5. The molecule has 0 radical (unpaired) electrons. The van der Waals surface area contributed by atoms with Gasteiger partial charge in [0.2, 0.25) is 0 Å². The monoisotopic (exact) mass is 333 g/mol. The predicted molar refractivity (Wildman–Crippen MR) is 87.1 cm³/mol. The van der Waals surface area contributed by atoms with Crippen molar-refractivity contribution in [2.24, 2.45) is 0 Å². The number of ether oxygens (including phenoxy) is 1. The Hall–Kier alpha value is -1.32. The maximum absolute atomic E-state index is 5.39. The molecular formula is C17H20BrNO. The summed E-state index contributed by atoms with van der Waals surface area (Å²) in [5.74, 6) is 0.914. The van der Waals surface area contributed by atoms with Crippen molar-refractivity contribution < 1.29 is 4.74 Å². The molecule has 2 aromatic carbocycles. The Balaban J connectivity index is 2.04. The van der Waals surface area contributed by atoms with Crippen LogP contribution in [0.25, 0.3) is 0 Å². The van der Waals surface area contributed by atoms with Crippen LogP contribution in [0.15, 0.2) is 46.9 Å². The van der Waals surface area contributed by atoms with Crippen LogP contribution in [-0.4, -0.2) is 7.11 Å². The fourth-order valence-corrected chi connectivity index (χ4v) is 2.53. The molecular weight excluding hydrogens is 314 g/mol. The van der Waals surface area contributed by atoms with Crippen LogP contribution in [0.5, 0.6) is 5.75 Å². The number of methoxy groups -OCH3 is 1. The summed E-state index contributed by atoms with van der Waals surface area (Å²) in [5, 5.41) is 3.54. The molecule has 2 aromatic rings. The van der Waals surface area contributed by atoms with E-state index in [9.17, 15) is 0 Å². The molecule has 0 amide bonds. The van der Waals surface area contributed by atoms with Gasteiger partial charge in [0, 0.05) is 22.6 Å². The summed E-state index contributed by atoms with van der Waals surface area (Å²) in [6.07, 6.45) is 0. The maximum Gasteiger partial charge on any atom is 0.123 e. The fourth-order valence-electron chi connectivity index (χ4n) is 2.12. The van der Waals surface area contributed by atoms with E-state index in [2.05, 4.69) is 65.4 Å². The minimum Gasteiger partial charge on any atom is -0.496 e. The summed E-state index contributed by atoms with van der Waals surface area (Å²) >= 11 is 3.50. The van der Waals surface area contributed by atoms with Crippen molar-refractivity contribution in [2.45, 2.75) is 26.4 Å². The molecule has 0 aliphatic carbocycles. The van der Waals surface area contributed by atoms with E-state index < -0.39 is 0 Å². The second kappa shape index (κ2) is 6.91. The average molecular weight is 334 g/mol. The van der Waals surface area contributed by atoms with Crippen molar-refractivity contribution in [3.05, 3.63) is 63.6 Å². The van der Waals surface area contributed by atoms with Crippen LogP contribution in [0.3, 0.4) is 0 Å². The summed E-state index contributed by atoms with van der Waals surface area (Å²) in [6.45, 7) is 5.06. The van der Waals surface area contributed by atoms with E-state index in [0.29, 0.717) is 6.04 Å². The van der Waals surface area contributed by atoms with Crippen LogP contribution in [0, 0.1) is 6.92 Å². The smallest absolute Gasteiger partial charge is 0.123 e. The number of halogens is 1. The van der Waals surface area contributed by atoms with Gasteiger partial charge in [-0.3, -0.25) is 0 Å². The van der Waals surface area contributed by atoms with Gasteiger partial charge in [-0.1, -0.05) is 45.8 Å². The first-order valence-corrected chi connectivity index (χ1v) is 7.52. The van der Waals surface area contributed by atoms with E-state index in [-0.39, 0.29) is 0 Å². The van der Waals surface area contributed by atoms with E-state index in [0.717, 1.165) is 22.3 Å². The molecule has 0 saturated carbocycles. The predicted octanol–water partition coefficient (Wildman–Crippen LogP) is 4.62. The van der Waals surface area contributed by atoms with Crippen molar-refractivity contribution >= 4 is 15.9 Å². The molecule has 2 rings (SSSR count). The second-order valence-corrected chi connectivity index (χ2v) is 5.89. The first-order valence-electron chi connectivity index (χ1n) is 6.72. The van der Waals surface area contributed by atoms with Crippen molar-refractivity contribution in [2.75, 3.05) is 7.11 Å².